The highest BCUT2D eigenvalue weighted by Crippen LogP contribution is 2.27. The van der Waals surface area contributed by atoms with Gasteiger partial charge < -0.3 is 5.32 Å². The number of fused-ring (bicyclic) bond motifs is 1. The van der Waals surface area contributed by atoms with Gasteiger partial charge in [-0.25, -0.2) is 21.6 Å². The Kier molecular flexibility index (Phi) is 3.27. The lowest BCUT2D eigenvalue weighted by atomic mass is 10.3. The number of benzene rings is 1. The molecular formula is C10H13N3O4S2. The summed E-state index contributed by atoms with van der Waals surface area (Å²) < 4.78 is 49.1. The molecule has 104 valence electrons. The second-order valence-electron chi connectivity index (χ2n) is 3.98. The van der Waals surface area contributed by atoms with Crippen LogP contribution in [0.15, 0.2) is 33.0 Å². The number of sulfonamides is 1. The molecule has 0 radical (unpaired) electrons. The van der Waals surface area contributed by atoms with Crippen molar-refractivity contribution in [1.29, 1.82) is 0 Å². The van der Waals surface area contributed by atoms with Gasteiger partial charge in [-0.15, -0.1) is 0 Å². The van der Waals surface area contributed by atoms with Gasteiger partial charge in [-0.3, -0.25) is 4.99 Å². The van der Waals surface area contributed by atoms with Gasteiger partial charge in [-0.1, -0.05) is 0 Å². The average molecular weight is 303 g/mol. The minimum absolute atomic E-state index is 0.0469. The van der Waals surface area contributed by atoms with Crippen molar-refractivity contribution in [3.05, 3.63) is 18.2 Å². The van der Waals surface area contributed by atoms with Gasteiger partial charge in [0.2, 0.25) is 5.96 Å². The Hall–Kier alpha value is -1.61. The van der Waals surface area contributed by atoms with E-state index in [2.05, 4.69) is 15.0 Å². The number of guanidine groups is 1. The van der Waals surface area contributed by atoms with Crippen LogP contribution < -0.4 is 10.0 Å². The first-order valence-electron chi connectivity index (χ1n) is 5.42. The Morgan fingerprint density at radius 1 is 1.32 bits per heavy atom. The molecule has 1 aliphatic heterocycles. The predicted octanol–water partition coefficient (Wildman–Crippen LogP) is 0.170. The van der Waals surface area contributed by atoms with Gasteiger partial charge in [-0.05, 0) is 25.1 Å². The van der Waals surface area contributed by atoms with Crippen LogP contribution in [0.3, 0.4) is 0 Å². The zero-order valence-electron chi connectivity index (χ0n) is 10.3. The van der Waals surface area contributed by atoms with Crippen LogP contribution in [0.4, 0.5) is 5.69 Å². The smallest absolute Gasteiger partial charge is 0.266 e. The highest BCUT2D eigenvalue weighted by atomic mass is 32.2. The third kappa shape index (κ3) is 2.71. The molecule has 1 aromatic carbocycles. The van der Waals surface area contributed by atoms with Crippen LogP contribution in [0.2, 0.25) is 0 Å². The number of hydrogen-bond acceptors (Lipinski definition) is 5. The first-order valence-corrected chi connectivity index (χ1v) is 8.80. The predicted molar refractivity (Wildman–Crippen MR) is 71.5 cm³/mol. The number of hydrogen-bond donors (Lipinski definition) is 2. The number of nitrogens with zero attached hydrogens (tertiary/aromatic N) is 1. The fourth-order valence-electron chi connectivity index (χ4n) is 1.62. The van der Waals surface area contributed by atoms with E-state index in [4.69, 9.17) is 0 Å². The number of nitrogens with one attached hydrogen (secondary N) is 2. The summed E-state index contributed by atoms with van der Waals surface area (Å²) in [6.07, 6.45) is 1.02. The summed E-state index contributed by atoms with van der Waals surface area (Å²) >= 11 is 0. The summed E-state index contributed by atoms with van der Waals surface area (Å²) in [6.45, 7) is 2.19. The minimum Gasteiger partial charge on any atom is -0.324 e. The second kappa shape index (κ2) is 4.49. The molecule has 0 saturated carbocycles. The van der Waals surface area contributed by atoms with Crippen LogP contribution in [-0.2, 0) is 19.9 Å². The summed E-state index contributed by atoms with van der Waals surface area (Å²) in [5.74, 6) is 0.127. The van der Waals surface area contributed by atoms with Crippen LogP contribution in [0.25, 0.3) is 0 Å². The SMILES string of the molecule is CCN=C1Nc2ccc(S(C)(=O)=O)cc2S(=O)(=O)N1. The van der Waals surface area contributed by atoms with E-state index in [9.17, 15) is 16.8 Å². The molecule has 0 unspecified atom stereocenters. The zero-order valence-corrected chi connectivity index (χ0v) is 12.0. The molecule has 0 spiro atoms. The molecule has 0 amide bonds. The van der Waals surface area contributed by atoms with Crippen molar-refractivity contribution in [2.24, 2.45) is 4.99 Å². The van der Waals surface area contributed by atoms with Crippen molar-refractivity contribution < 1.29 is 16.8 Å². The van der Waals surface area contributed by atoms with Gasteiger partial charge in [0.1, 0.15) is 4.90 Å². The summed E-state index contributed by atoms with van der Waals surface area (Å²) in [5, 5.41) is 2.80. The molecule has 9 heteroatoms. The van der Waals surface area contributed by atoms with Gasteiger partial charge in [-0.2, -0.15) is 0 Å². The molecule has 1 aromatic rings. The van der Waals surface area contributed by atoms with Crippen molar-refractivity contribution in [3.8, 4) is 0 Å². The van der Waals surface area contributed by atoms with E-state index in [-0.39, 0.29) is 15.8 Å². The fourth-order valence-corrected chi connectivity index (χ4v) is 3.52. The van der Waals surface area contributed by atoms with E-state index in [1.54, 1.807) is 6.92 Å². The van der Waals surface area contributed by atoms with Crippen molar-refractivity contribution in [2.45, 2.75) is 16.7 Å². The highest BCUT2D eigenvalue weighted by Gasteiger charge is 2.27. The molecular weight excluding hydrogens is 290 g/mol. The maximum Gasteiger partial charge on any atom is 0.266 e. The molecule has 7 nitrogen and oxygen atoms in total. The standard InChI is InChI=1S/C10H13N3O4S2/c1-3-11-10-12-8-5-4-7(18(2,14)15)6-9(8)19(16,17)13-10/h4-6H,3H2,1-2H3,(H2,11,12,13). The molecule has 2 rings (SSSR count). The van der Waals surface area contributed by atoms with E-state index in [0.717, 1.165) is 12.3 Å². The first-order chi connectivity index (χ1) is 8.74. The first kappa shape index (κ1) is 13.8. The molecule has 2 N–H and O–H groups in total. The molecule has 1 aliphatic rings. The van der Waals surface area contributed by atoms with Gasteiger partial charge in [0.15, 0.2) is 9.84 Å². The van der Waals surface area contributed by atoms with Crippen LogP contribution in [-0.4, -0.2) is 35.6 Å². The Bertz CT molecular complexity index is 751. The van der Waals surface area contributed by atoms with E-state index in [0.29, 0.717) is 12.2 Å². The van der Waals surface area contributed by atoms with Gasteiger partial charge in [0.05, 0.1) is 10.6 Å². The lowest BCUT2D eigenvalue weighted by Gasteiger charge is -2.21. The number of sulfone groups is 1. The number of anilines is 1. The minimum atomic E-state index is -3.80. The summed E-state index contributed by atoms with van der Waals surface area (Å²) in [4.78, 5) is 3.79. The topological polar surface area (TPSA) is 105 Å². The Labute approximate surface area is 111 Å². The Morgan fingerprint density at radius 3 is 2.58 bits per heavy atom. The average Bonchev–Trinajstić information content (AvgIpc) is 2.26. The molecule has 0 atom stereocenters. The zero-order chi connectivity index (χ0) is 14.3. The molecule has 0 bridgehead atoms. The second-order valence-corrected chi connectivity index (χ2v) is 7.65. The monoisotopic (exact) mass is 303 g/mol. The molecule has 0 aliphatic carbocycles. The van der Waals surface area contributed by atoms with E-state index in [1.165, 1.54) is 12.1 Å². The van der Waals surface area contributed by atoms with Crippen LogP contribution in [0.5, 0.6) is 0 Å². The van der Waals surface area contributed by atoms with Crippen molar-refractivity contribution in [3.63, 3.8) is 0 Å². The third-order valence-electron chi connectivity index (χ3n) is 2.47. The molecule has 0 fully saturated rings. The van der Waals surface area contributed by atoms with E-state index >= 15 is 0 Å². The van der Waals surface area contributed by atoms with Gasteiger partial charge in [0, 0.05) is 12.8 Å². The van der Waals surface area contributed by atoms with Crippen molar-refractivity contribution in [2.75, 3.05) is 18.1 Å². The third-order valence-corrected chi connectivity index (χ3v) is 4.96. The molecule has 19 heavy (non-hydrogen) atoms. The fraction of sp³-hybridized carbons (Fsp3) is 0.300. The van der Waals surface area contributed by atoms with Crippen LogP contribution >= 0.6 is 0 Å². The van der Waals surface area contributed by atoms with Gasteiger partial charge in [0.25, 0.3) is 10.0 Å². The summed E-state index contributed by atoms with van der Waals surface area (Å²) in [5.41, 5.74) is 0.304. The van der Waals surface area contributed by atoms with Crippen molar-refractivity contribution >= 4 is 31.5 Å². The van der Waals surface area contributed by atoms with Crippen LogP contribution in [0, 0.1) is 0 Å². The maximum atomic E-state index is 12.0. The number of aliphatic imine (C=N–C) groups is 1. The van der Waals surface area contributed by atoms with Crippen LogP contribution in [0.1, 0.15) is 6.92 Å². The largest absolute Gasteiger partial charge is 0.324 e. The normalized spacial score (nSPS) is 19.4. The van der Waals surface area contributed by atoms with Gasteiger partial charge >= 0.3 is 0 Å². The Balaban J connectivity index is 2.62. The van der Waals surface area contributed by atoms with E-state index in [1.807, 2.05) is 0 Å². The lowest BCUT2D eigenvalue weighted by Crippen LogP contribution is -2.40. The number of rotatable bonds is 2. The summed E-state index contributed by atoms with van der Waals surface area (Å²) in [6, 6.07) is 3.89. The molecule has 0 aromatic heterocycles. The lowest BCUT2D eigenvalue weighted by molar-refractivity contribution is 0.591. The van der Waals surface area contributed by atoms with E-state index < -0.39 is 19.9 Å². The Morgan fingerprint density at radius 2 is 2.00 bits per heavy atom. The summed E-state index contributed by atoms with van der Waals surface area (Å²) in [7, 11) is -7.26. The maximum absolute atomic E-state index is 12.0. The van der Waals surface area contributed by atoms with Crippen molar-refractivity contribution in [1.82, 2.24) is 4.72 Å². The molecule has 0 saturated heterocycles. The molecule has 1 heterocycles. The highest BCUT2D eigenvalue weighted by molar-refractivity contribution is 7.91. The quantitative estimate of drug-likeness (QED) is 0.810.